The van der Waals surface area contributed by atoms with Crippen LogP contribution in [0.2, 0.25) is 0 Å². The lowest BCUT2D eigenvalue weighted by atomic mass is 10.1. The van der Waals surface area contributed by atoms with Crippen molar-refractivity contribution < 1.29 is 14.5 Å². The van der Waals surface area contributed by atoms with Crippen LogP contribution >= 0.6 is 11.8 Å². The minimum Gasteiger partial charge on any atom is -0.447 e. The van der Waals surface area contributed by atoms with Crippen molar-refractivity contribution in [2.24, 2.45) is 0 Å². The average Bonchev–Trinajstić information content (AvgIpc) is 2.93. The normalized spacial score (nSPS) is 14.8. The van der Waals surface area contributed by atoms with E-state index in [2.05, 4.69) is 15.2 Å². The van der Waals surface area contributed by atoms with Crippen molar-refractivity contribution in [3.63, 3.8) is 0 Å². The molecular weight excluding hydrogens is 418 g/mol. The number of amides is 1. The highest BCUT2D eigenvalue weighted by Gasteiger charge is 2.35. The lowest BCUT2D eigenvalue weighted by Gasteiger charge is -2.30. The third-order valence-corrected chi connectivity index (χ3v) is 5.35. The highest BCUT2D eigenvalue weighted by molar-refractivity contribution is 7.98. The molecular formula is C21H19N5O4S. The summed E-state index contributed by atoms with van der Waals surface area (Å²) in [4.78, 5) is 29.9. The molecule has 31 heavy (non-hydrogen) atoms. The molecule has 158 valence electrons. The fourth-order valence-electron chi connectivity index (χ4n) is 3.38. The number of anilines is 1. The first-order valence-electron chi connectivity index (χ1n) is 9.64. The number of fused-ring (bicyclic) bond motifs is 3. The van der Waals surface area contributed by atoms with E-state index in [-0.39, 0.29) is 17.5 Å². The zero-order chi connectivity index (χ0) is 22.0. The molecule has 1 aliphatic heterocycles. The average molecular weight is 437 g/mol. The van der Waals surface area contributed by atoms with Crippen molar-refractivity contribution in [2.75, 3.05) is 11.2 Å². The maximum absolute atomic E-state index is 13.2. The van der Waals surface area contributed by atoms with Gasteiger partial charge in [-0.1, -0.05) is 36.9 Å². The van der Waals surface area contributed by atoms with E-state index in [1.807, 2.05) is 37.4 Å². The van der Waals surface area contributed by atoms with Crippen LogP contribution in [0.5, 0.6) is 5.88 Å². The van der Waals surface area contributed by atoms with Crippen LogP contribution in [-0.4, -0.2) is 32.3 Å². The van der Waals surface area contributed by atoms with Crippen molar-refractivity contribution in [1.82, 2.24) is 15.2 Å². The van der Waals surface area contributed by atoms with Crippen LogP contribution in [0.25, 0.3) is 11.3 Å². The standard InChI is InChI=1S/C21H19N5O4S/c1-3-6-17(27)25-16-8-5-4-7-15(16)18-19(22-21(31-2)24-23-18)30-20(25)13-9-11-14(12-10-13)26(28)29/h4-5,7-12,20H,3,6H2,1-2H3. The summed E-state index contributed by atoms with van der Waals surface area (Å²) in [6, 6.07) is 13.3. The lowest BCUT2D eigenvalue weighted by Crippen LogP contribution is -2.37. The number of nitro benzene ring substituents is 1. The van der Waals surface area contributed by atoms with Crippen LogP contribution in [-0.2, 0) is 4.79 Å². The molecule has 0 bridgehead atoms. The van der Waals surface area contributed by atoms with Crippen molar-refractivity contribution >= 4 is 29.0 Å². The maximum Gasteiger partial charge on any atom is 0.269 e. The van der Waals surface area contributed by atoms with Gasteiger partial charge < -0.3 is 4.74 Å². The fourth-order valence-corrected chi connectivity index (χ4v) is 3.68. The van der Waals surface area contributed by atoms with Crippen molar-refractivity contribution in [3.05, 3.63) is 64.2 Å². The number of hydrogen-bond donors (Lipinski definition) is 0. The van der Waals surface area contributed by atoms with Crippen molar-refractivity contribution in [1.29, 1.82) is 0 Å². The van der Waals surface area contributed by atoms with E-state index < -0.39 is 11.2 Å². The Kier molecular flexibility index (Phi) is 5.81. The van der Waals surface area contributed by atoms with Gasteiger partial charge in [-0.05, 0) is 30.9 Å². The Labute approximate surface area is 182 Å². The van der Waals surface area contributed by atoms with Gasteiger partial charge in [0.2, 0.25) is 23.2 Å². The summed E-state index contributed by atoms with van der Waals surface area (Å²) in [5.74, 6) is 0.117. The Morgan fingerprint density at radius 2 is 1.94 bits per heavy atom. The van der Waals surface area contributed by atoms with Gasteiger partial charge in [0.15, 0.2) is 5.69 Å². The molecule has 1 aromatic heterocycles. The molecule has 0 aliphatic carbocycles. The van der Waals surface area contributed by atoms with Crippen LogP contribution in [0.15, 0.2) is 53.7 Å². The maximum atomic E-state index is 13.2. The Hall–Kier alpha value is -3.53. The second-order valence-electron chi connectivity index (χ2n) is 6.80. The first-order chi connectivity index (χ1) is 15.0. The molecule has 1 unspecified atom stereocenters. The van der Waals surface area contributed by atoms with Gasteiger partial charge in [0.05, 0.1) is 10.6 Å². The number of carbonyl (C=O) groups is 1. The van der Waals surface area contributed by atoms with Crippen LogP contribution in [0.3, 0.4) is 0 Å². The molecule has 4 rings (SSSR count). The number of nitrogens with zero attached hydrogens (tertiary/aromatic N) is 5. The van der Waals surface area contributed by atoms with E-state index in [1.165, 1.54) is 23.9 Å². The lowest BCUT2D eigenvalue weighted by molar-refractivity contribution is -0.384. The summed E-state index contributed by atoms with van der Waals surface area (Å²) in [6.45, 7) is 1.93. The monoisotopic (exact) mass is 437 g/mol. The summed E-state index contributed by atoms with van der Waals surface area (Å²) in [6.07, 6.45) is 1.94. The minimum absolute atomic E-state index is 0.0433. The number of ether oxygens (including phenoxy) is 1. The zero-order valence-corrected chi connectivity index (χ0v) is 17.7. The van der Waals surface area contributed by atoms with Gasteiger partial charge in [0.1, 0.15) is 0 Å². The fraction of sp³-hybridized carbons (Fsp3) is 0.238. The quantitative estimate of drug-likeness (QED) is 0.328. The molecule has 0 saturated carbocycles. The van der Waals surface area contributed by atoms with Crippen molar-refractivity contribution in [2.45, 2.75) is 31.1 Å². The highest BCUT2D eigenvalue weighted by atomic mass is 32.2. The van der Waals surface area contributed by atoms with Gasteiger partial charge in [0, 0.05) is 29.7 Å². The Bertz CT molecular complexity index is 1140. The summed E-state index contributed by atoms with van der Waals surface area (Å²) in [5, 5.41) is 20.0. The molecule has 0 spiro atoms. The smallest absolute Gasteiger partial charge is 0.269 e. The number of aromatic nitrogens is 3. The molecule has 10 heteroatoms. The molecule has 1 atom stereocenters. The SMILES string of the molecule is CCCC(=O)N1c2ccccc2-c2nnc(SC)nc2OC1c1ccc([N+](=O)[O-])cc1. The molecule has 0 N–H and O–H groups in total. The minimum atomic E-state index is -0.867. The van der Waals surface area contributed by atoms with Gasteiger partial charge in [0.25, 0.3) is 5.69 Å². The summed E-state index contributed by atoms with van der Waals surface area (Å²) < 4.78 is 6.26. The summed E-state index contributed by atoms with van der Waals surface area (Å²) >= 11 is 1.33. The van der Waals surface area contributed by atoms with Gasteiger partial charge in [-0.2, -0.15) is 4.98 Å². The van der Waals surface area contributed by atoms with Gasteiger partial charge >= 0.3 is 0 Å². The second-order valence-corrected chi connectivity index (χ2v) is 7.58. The van der Waals surface area contributed by atoms with Crippen LogP contribution < -0.4 is 9.64 Å². The number of non-ortho nitro benzene ring substituents is 1. The van der Waals surface area contributed by atoms with E-state index in [4.69, 9.17) is 4.74 Å². The molecule has 0 saturated heterocycles. The van der Waals surface area contributed by atoms with E-state index in [0.29, 0.717) is 40.5 Å². The first-order valence-corrected chi connectivity index (χ1v) is 10.9. The Morgan fingerprint density at radius 1 is 1.19 bits per heavy atom. The number of thioether (sulfide) groups is 1. The Balaban J connectivity index is 1.92. The molecule has 1 aliphatic rings. The highest BCUT2D eigenvalue weighted by Crippen LogP contribution is 2.43. The summed E-state index contributed by atoms with van der Waals surface area (Å²) in [7, 11) is 0. The van der Waals surface area contributed by atoms with E-state index in [1.54, 1.807) is 17.0 Å². The number of benzene rings is 2. The van der Waals surface area contributed by atoms with Gasteiger partial charge in [-0.25, -0.2) is 0 Å². The predicted molar refractivity (Wildman–Crippen MR) is 116 cm³/mol. The number of carbonyl (C=O) groups excluding carboxylic acids is 1. The molecule has 0 fully saturated rings. The largest absolute Gasteiger partial charge is 0.447 e. The number of hydrogen-bond acceptors (Lipinski definition) is 8. The molecule has 2 heterocycles. The topological polar surface area (TPSA) is 111 Å². The molecule has 2 aromatic carbocycles. The van der Waals surface area contributed by atoms with E-state index in [9.17, 15) is 14.9 Å². The van der Waals surface area contributed by atoms with Gasteiger partial charge in [-0.15, -0.1) is 10.2 Å². The number of para-hydroxylation sites is 1. The van der Waals surface area contributed by atoms with Crippen LogP contribution in [0.1, 0.15) is 31.6 Å². The zero-order valence-electron chi connectivity index (χ0n) is 16.9. The molecule has 9 nitrogen and oxygen atoms in total. The Morgan fingerprint density at radius 3 is 2.61 bits per heavy atom. The second kappa shape index (κ2) is 8.68. The van der Waals surface area contributed by atoms with Crippen LogP contribution in [0.4, 0.5) is 11.4 Å². The molecule has 1 amide bonds. The first kappa shape index (κ1) is 20.7. The van der Waals surface area contributed by atoms with E-state index >= 15 is 0 Å². The summed E-state index contributed by atoms with van der Waals surface area (Å²) in [5.41, 5.74) is 2.28. The third-order valence-electron chi connectivity index (χ3n) is 4.82. The molecule has 0 radical (unpaired) electrons. The van der Waals surface area contributed by atoms with Crippen molar-refractivity contribution in [3.8, 4) is 17.1 Å². The van der Waals surface area contributed by atoms with E-state index in [0.717, 1.165) is 0 Å². The van der Waals surface area contributed by atoms with Gasteiger partial charge in [-0.3, -0.25) is 19.8 Å². The molecule has 3 aromatic rings. The van der Waals surface area contributed by atoms with Crippen LogP contribution in [0, 0.1) is 10.1 Å². The predicted octanol–water partition coefficient (Wildman–Crippen LogP) is 4.39. The number of rotatable bonds is 5. The number of nitro groups is 1. The third kappa shape index (κ3) is 3.93.